The highest BCUT2D eigenvalue weighted by atomic mass is 35.5. The monoisotopic (exact) mass is 250 g/mol. The molecule has 0 aliphatic carbocycles. The zero-order chi connectivity index (χ0) is 10.7. The lowest BCUT2D eigenvalue weighted by Crippen LogP contribution is -2.21. The lowest BCUT2D eigenvalue weighted by Gasteiger charge is -2.06. The van der Waals surface area contributed by atoms with Gasteiger partial charge < -0.3 is 16.3 Å². The molecule has 1 aromatic rings. The molecular formula is C8H11ClN2O5. The van der Waals surface area contributed by atoms with Crippen molar-refractivity contribution in [1.29, 1.82) is 0 Å². The number of nitrogens with two attached hydrogens (primary N) is 1. The average molecular weight is 251 g/mol. The molecule has 0 heterocycles. The summed E-state index contributed by atoms with van der Waals surface area (Å²) in [6.07, 6.45) is 0. The summed E-state index contributed by atoms with van der Waals surface area (Å²) in [5, 5.41) is 19.1. The highest BCUT2D eigenvalue weighted by Gasteiger charge is 2.23. The van der Waals surface area contributed by atoms with Crippen LogP contribution in [0.15, 0.2) is 24.3 Å². The van der Waals surface area contributed by atoms with E-state index < -0.39 is 16.9 Å². The fourth-order valence-corrected chi connectivity index (χ4v) is 1.05. The normalized spacial score (nSPS) is 10.6. The van der Waals surface area contributed by atoms with Gasteiger partial charge in [0.15, 0.2) is 0 Å². The van der Waals surface area contributed by atoms with Crippen LogP contribution in [0.2, 0.25) is 0 Å². The van der Waals surface area contributed by atoms with Gasteiger partial charge in [-0.25, -0.2) is 0 Å². The van der Waals surface area contributed by atoms with E-state index in [1.54, 1.807) is 0 Å². The molecular weight excluding hydrogens is 240 g/mol. The van der Waals surface area contributed by atoms with Crippen molar-refractivity contribution in [2.75, 3.05) is 0 Å². The topological polar surface area (TPSA) is 138 Å². The second-order valence-corrected chi connectivity index (χ2v) is 2.63. The molecule has 0 aliphatic heterocycles. The first-order valence-electron chi connectivity index (χ1n) is 3.75. The van der Waals surface area contributed by atoms with Crippen LogP contribution in [-0.2, 0) is 4.79 Å². The van der Waals surface area contributed by atoms with Crippen LogP contribution in [0.5, 0.6) is 0 Å². The zero-order valence-corrected chi connectivity index (χ0v) is 8.81. The second kappa shape index (κ2) is 6.72. The Balaban J connectivity index is 0. The Kier molecular flexibility index (Phi) is 7.03. The van der Waals surface area contributed by atoms with E-state index in [0.717, 1.165) is 0 Å². The first kappa shape index (κ1) is 16.7. The third-order valence-corrected chi connectivity index (χ3v) is 1.73. The largest absolute Gasteiger partial charge is 0.480 e. The highest BCUT2D eigenvalue weighted by molar-refractivity contribution is 5.85. The first-order valence-corrected chi connectivity index (χ1v) is 3.75. The number of carbonyl (C=O) groups is 1. The van der Waals surface area contributed by atoms with Crippen molar-refractivity contribution in [2.45, 2.75) is 6.04 Å². The molecule has 1 unspecified atom stereocenters. The average Bonchev–Trinajstić information content (AvgIpc) is 2.16. The summed E-state index contributed by atoms with van der Waals surface area (Å²) >= 11 is 0. The highest BCUT2D eigenvalue weighted by Crippen LogP contribution is 2.22. The molecule has 1 rings (SSSR count). The maximum absolute atomic E-state index is 10.5. The fourth-order valence-electron chi connectivity index (χ4n) is 1.05. The summed E-state index contributed by atoms with van der Waals surface area (Å²) in [6.45, 7) is 0. The number of nitrogens with zero attached hydrogens (tertiary/aromatic N) is 1. The van der Waals surface area contributed by atoms with E-state index in [-0.39, 0.29) is 29.1 Å². The predicted molar refractivity (Wildman–Crippen MR) is 58.5 cm³/mol. The Labute approximate surface area is 96.7 Å². The van der Waals surface area contributed by atoms with Crippen molar-refractivity contribution in [3.05, 3.63) is 39.9 Å². The SMILES string of the molecule is Cl.NC(C(=O)O)c1ccccc1[N+](=O)[O-].O. The van der Waals surface area contributed by atoms with E-state index in [1.165, 1.54) is 24.3 Å². The van der Waals surface area contributed by atoms with Crippen LogP contribution >= 0.6 is 12.4 Å². The number of nitro benzene ring substituents is 1. The summed E-state index contributed by atoms with van der Waals surface area (Å²) in [5.41, 5.74) is 5.00. The molecule has 0 bridgehead atoms. The lowest BCUT2D eigenvalue weighted by molar-refractivity contribution is -0.385. The van der Waals surface area contributed by atoms with E-state index in [9.17, 15) is 14.9 Å². The number of nitro groups is 1. The molecule has 1 atom stereocenters. The molecule has 0 amide bonds. The van der Waals surface area contributed by atoms with Crippen LogP contribution < -0.4 is 5.73 Å². The van der Waals surface area contributed by atoms with E-state index in [1.807, 2.05) is 0 Å². The number of rotatable bonds is 3. The van der Waals surface area contributed by atoms with Gasteiger partial charge in [-0.05, 0) is 6.07 Å². The van der Waals surface area contributed by atoms with E-state index >= 15 is 0 Å². The minimum absolute atomic E-state index is 0. The summed E-state index contributed by atoms with van der Waals surface area (Å²) < 4.78 is 0. The Morgan fingerprint density at radius 3 is 2.38 bits per heavy atom. The molecule has 1 aromatic carbocycles. The summed E-state index contributed by atoms with van der Waals surface area (Å²) in [7, 11) is 0. The van der Waals surface area contributed by atoms with Gasteiger partial charge in [0.2, 0.25) is 0 Å². The van der Waals surface area contributed by atoms with Gasteiger partial charge in [0.25, 0.3) is 5.69 Å². The molecule has 0 fully saturated rings. The number of hydrogen-bond donors (Lipinski definition) is 2. The number of carboxylic acid groups (broad SMARTS) is 1. The maximum Gasteiger partial charge on any atom is 0.325 e. The molecule has 8 heteroatoms. The predicted octanol–water partition coefficient (Wildman–Crippen LogP) is 0.276. The van der Waals surface area contributed by atoms with Gasteiger partial charge in [-0.2, -0.15) is 0 Å². The lowest BCUT2D eigenvalue weighted by atomic mass is 10.1. The number of halogens is 1. The van der Waals surface area contributed by atoms with Crippen molar-refractivity contribution in [3.8, 4) is 0 Å². The van der Waals surface area contributed by atoms with Crippen LogP contribution in [-0.4, -0.2) is 21.5 Å². The first-order chi connectivity index (χ1) is 6.54. The molecule has 7 nitrogen and oxygen atoms in total. The minimum Gasteiger partial charge on any atom is -0.480 e. The molecule has 0 saturated carbocycles. The van der Waals surface area contributed by atoms with Gasteiger partial charge in [-0.15, -0.1) is 12.4 Å². The van der Waals surface area contributed by atoms with Gasteiger partial charge in [0.05, 0.1) is 10.5 Å². The Hall–Kier alpha value is -1.70. The van der Waals surface area contributed by atoms with E-state index in [0.29, 0.717) is 0 Å². The number of carboxylic acids is 1. The molecule has 0 radical (unpaired) electrons. The Morgan fingerprint density at radius 2 is 1.94 bits per heavy atom. The van der Waals surface area contributed by atoms with E-state index in [2.05, 4.69) is 0 Å². The van der Waals surface area contributed by atoms with Crippen LogP contribution in [0.25, 0.3) is 0 Å². The zero-order valence-electron chi connectivity index (χ0n) is 7.99. The van der Waals surface area contributed by atoms with Crippen molar-refractivity contribution in [3.63, 3.8) is 0 Å². The number of hydrogen-bond acceptors (Lipinski definition) is 4. The van der Waals surface area contributed by atoms with Gasteiger partial charge in [-0.3, -0.25) is 14.9 Å². The number of para-hydroxylation sites is 1. The van der Waals surface area contributed by atoms with Crippen LogP contribution in [0.4, 0.5) is 5.69 Å². The number of benzene rings is 1. The standard InChI is InChI=1S/C8H8N2O4.ClH.H2O/c9-7(8(11)12)5-3-1-2-4-6(5)10(13)14;;/h1-4,7H,9H2,(H,11,12);1H;1H2. The second-order valence-electron chi connectivity index (χ2n) is 2.63. The van der Waals surface area contributed by atoms with Crippen molar-refractivity contribution >= 4 is 24.1 Å². The molecule has 5 N–H and O–H groups in total. The van der Waals surface area contributed by atoms with Crippen LogP contribution in [0.3, 0.4) is 0 Å². The summed E-state index contributed by atoms with van der Waals surface area (Å²) in [6, 6.07) is 4.15. The van der Waals surface area contributed by atoms with Crippen molar-refractivity contribution in [1.82, 2.24) is 0 Å². The van der Waals surface area contributed by atoms with Crippen LogP contribution in [0, 0.1) is 10.1 Å². The van der Waals surface area contributed by atoms with E-state index in [4.69, 9.17) is 10.8 Å². The van der Waals surface area contributed by atoms with Gasteiger partial charge in [-0.1, -0.05) is 12.1 Å². The maximum atomic E-state index is 10.5. The molecule has 16 heavy (non-hydrogen) atoms. The minimum atomic E-state index is -1.36. The molecule has 0 saturated heterocycles. The molecule has 0 spiro atoms. The Bertz CT molecular complexity index is 384. The summed E-state index contributed by atoms with van der Waals surface area (Å²) in [5.74, 6) is -1.29. The molecule has 90 valence electrons. The number of aliphatic carboxylic acids is 1. The van der Waals surface area contributed by atoms with Gasteiger partial charge in [0.1, 0.15) is 6.04 Å². The van der Waals surface area contributed by atoms with Crippen molar-refractivity contribution in [2.24, 2.45) is 5.73 Å². The third kappa shape index (κ3) is 3.46. The summed E-state index contributed by atoms with van der Waals surface area (Å²) in [4.78, 5) is 20.4. The molecule has 0 aromatic heterocycles. The molecule has 0 aliphatic rings. The quantitative estimate of drug-likeness (QED) is 0.586. The van der Waals surface area contributed by atoms with Crippen molar-refractivity contribution < 1.29 is 20.3 Å². The third-order valence-electron chi connectivity index (χ3n) is 1.73. The smallest absolute Gasteiger partial charge is 0.325 e. The Morgan fingerprint density at radius 1 is 1.44 bits per heavy atom. The fraction of sp³-hybridized carbons (Fsp3) is 0.125. The van der Waals surface area contributed by atoms with Gasteiger partial charge in [0, 0.05) is 6.07 Å². The van der Waals surface area contributed by atoms with Crippen LogP contribution in [0.1, 0.15) is 11.6 Å². The van der Waals surface area contributed by atoms with Gasteiger partial charge >= 0.3 is 5.97 Å².